The van der Waals surface area contributed by atoms with E-state index >= 15 is 0 Å². The molecule has 1 fully saturated rings. The van der Waals surface area contributed by atoms with Crippen molar-refractivity contribution >= 4 is 34.4 Å². The van der Waals surface area contributed by atoms with Crippen molar-refractivity contribution in [1.29, 1.82) is 0 Å². The summed E-state index contributed by atoms with van der Waals surface area (Å²) in [5.41, 5.74) is 2.62. The van der Waals surface area contributed by atoms with E-state index in [1.54, 1.807) is 0 Å². The van der Waals surface area contributed by atoms with E-state index < -0.39 is 0 Å². The SMILES string of the molecule is c1ccc(-c2ccc(P3SCCS3)cc2)cc1. The van der Waals surface area contributed by atoms with Crippen molar-refractivity contribution < 1.29 is 0 Å². The Morgan fingerprint density at radius 3 is 1.94 bits per heavy atom. The molecule has 0 saturated carbocycles. The summed E-state index contributed by atoms with van der Waals surface area (Å²) in [6.45, 7) is 0. The van der Waals surface area contributed by atoms with E-state index in [0.29, 0.717) is 0 Å². The number of hydrogen-bond acceptors (Lipinski definition) is 2. The van der Waals surface area contributed by atoms with Gasteiger partial charge >= 0.3 is 0 Å². The Morgan fingerprint density at radius 2 is 1.29 bits per heavy atom. The van der Waals surface area contributed by atoms with Crippen LogP contribution in [0.5, 0.6) is 0 Å². The summed E-state index contributed by atoms with van der Waals surface area (Å²) in [7, 11) is 0. The molecule has 86 valence electrons. The second-order valence-electron chi connectivity index (χ2n) is 3.84. The molecule has 0 atom stereocenters. The molecule has 0 radical (unpaired) electrons. The lowest BCUT2D eigenvalue weighted by atomic mass is 10.1. The molecule has 1 aliphatic heterocycles. The van der Waals surface area contributed by atoms with Crippen molar-refractivity contribution in [2.45, 2.75) is 0 Å². The van der Waals surface area contributed by atoms with Crippen LogP contribution in [0.1, 0.15) is 0 Å². The molecule has 1 saturated heterocycles. The fourth-order valence-corrected chi connectivity index (χ4v) is 9.72. The Bertz CT molecular complexity index is 475. The van der Waals surface area contributed by atoms with Crippen LogP contribution in [0, 0.1) is 0 Å². The lowest BCUT2D eigenvalue weighted by Gasteiger charge is -2.09. The van der Waals surface area contributed by atoms with Gasteiger partial charge < -0.3 is 0 Å². The van der Waals surface area contributed by atoms with Crippen molar-refractivity contribution in [2.75, 3.05) is 11.5 Å². The quantitative estimate of drug-likeness (QED) is 0.725. The highest BCUT2D eigenvalue weighted by Crippen LogP contribution is 2.64. The molecule has 3 rings (SSSR count). The second-order valence-corrected chi connectivity index (χ2v) is 10.6. The van der Waals surface area contributed by atoms with Gasteiger partial charge in [-0.3, -0.25) is 0 Å². The molecule has 0 spiro atoms. The van der Waals surface area contributed by atoms with Crippen LogP contribution in [0.3, 0.4) is 0 Å². The predicted octanol–water partition coefficient (Wildman–Crippen LogP) is 4.77. The van der Waals surface area contributed by atoms with Gasteiger partial charge in [0.2, 0.25) is 0 Å². The second kappa shape index (κ2) is 5.48. The molecule has 1 aliphatic rings. The van der Waals surface area contributed by atoms with Crippen molar-refractivity contribution in [3.8, 4) is 11.1 Å². The summed E-state index contributed by atoms with van der Waals surface area (Å²) in [6, 6.07) is 19.7. The minimum Gasteiger partial charge on any atom is -0.117 e. The van der Waals surface area contributed by atoms with Crippen molar-refractivity contribution in [1.82, 2.24) is 0 Å². The molecular weight excluding hydrogens is 263 g/mol. The lowest BCUT2D eigenvalue weighted by Crippen LogP contribution is -1.94. The number of rotatable bonds is 2. The first-order valence-corrected chi connectivity index (χ1v) is 10.2. The van der Waals surface area contributed by atoms with Crippen LogP contribution in [0.15, 0.2) is 54.6 Å². The number of hydrogen-bond donors (Lipinski definition) is 0. The van der Waals surface area contributed by atoms with Crippen LogP contribution in [0.2, 0.25) is 0 Å². The van der Waals surface area contributed by atoms with Gasteiger partial charge in [-0.1, -0.05) is 54.6 Å². The zero-order chi connectivity index (χ0) is 11.5. The zero-order valence-corrected chi connectivity index (χ0v) is 11.9. The first kappa shape index (κ1) is 11.6. The molecule has 0 unspecified atom stereocenters. The van der Waals surface area contributed by atoms with E-state index in [0.717, 1.165) is 0 Å². The normalized spacial score (nSPS) is 16.2. The van der Waals surface area contributed by atoms with Crippen LogP contribution in [0.4, 0.5) is 0 Å². The van der Waals surface area contributed by atoms with Crippen molar-refractivity contribution in [3.05, 3.63) is 54.6 Å². The Labute approximate surface area is 111 Å². The van der Waals surface area contributed by atoms with E-state index in [1.807, 2.05) is 0 Å². The summed E-state index contributed by atoms with van der Waals surface area (Å²) in [5.74, 6) is 2.63. The van der Waals surface area contributed by atoms with Gasteiger partial charge in [0.25, 0.3) is 0 Å². The summed E-state index contributed by atoms with van der Waals surface area (Å²) < 4.78 is 0. The van der Waals surface area contributed by atoms with E-state index in [1.165, 1.54) is 27.9 Å². The van der Waals surface area contributed by atoms with Crippen LogP contribution >= 0.6 is 29.1 Å². The lowest BCUT2D eigenvalue weighted by molar-refractivity contribution is 1.59. The zero-order valence-electron chi connectivity index (χ0n) is 9.37. The minimum atomic E-state index is 0.0118. The summed E-state index contributed by atoms with van der Waals surface area (Å²) in [6.07, 6.45) is 0.0118. The topological polar surface area (TPSA) is 0 Å². The van der Waals surface area contributed by atoms with Gasteiger partial charge in [-0.05, 0) is 16.4 Å². The molecule has 3 heteroatoms. The van der Waals surface area contributed by atoms with Crippen molar-refractivity contribution in [3.63, 3.8) is 0 Å². The Balaban J connectivity index is 1.85. The third kappa shape index (κ3) is 2.70. The molecular formula is C14H13PS2. The van der Waals surface area contributed by atoms with Gasteiger partial charge in [-0.15, -0.1) is 22.8 Å². The highest BCUT2D eigenvalue weighted by Gasteiger charge is 2.17. The van der Waals surface area contributed by atoms with E-state index in [4.69, 9.17) is 0 Å². The summed E-state index contributed by atoms with van der Waals surface area (Å²) >= 11 is 4.25. The maximum absolute atomic E-state index is 2.30. The molecule has 0 N–H and O–H groups in total. The molecule has 1 heterocycles. The van der Waals surface area contributed by atoms with Crippen LogP contribution in [-0.4, -0.2) is 11.5 Å². The van der Waals surface area contributed by atoms with E-state index in [2.05, 4.69) is 77.4 Å². The standard InChI is InChI=1S/C14H13PS2/c1-2-4-12(5-3-1)13-6-8-14(9-7-13)15-16-10-11-17-15/h1-9H,10-11H2. The Kier molecular flexibility index (Phi) is 3.75. The predicted molar refractivity (Wildman–Crippen MR) is 83.3 cm³/mol. The average Bonchev–Trinajstić information content (AvgIpc) is 2.94. The van der Waals surface area contributed by atoms with Crippen molar-refractivity contribution in [2.24, 2.45) is 0 Å². The van der Waals surface area contributed by atoms with Crippen LogP contribution in [0.25, 0.3) is 11.1 Å². The smallest absolute Gasteiger partial charge is 0.0438 e. The molecule has 0 bridgehead atoms. The first-order valence-electron chi connectivity index (χ1n) is 5.65. The highest BCUT2D eigenvalue weighted by molar-refractivity contribution is 8.91. The van der Waals surface area contributed by atoms with Crippen LogP contribution < -0.4 is 5.30 Å². The van der Waals surface area contributed by atoms with Gasteiger partial charge in [0.15, 0.2) is 0 Å². The third-order valence-electron chi connectivity index (χ3n) is 2.69. The fourth-order valence-electron chi connectivity index (χ4n) is 1.83. The summed E-state index contributed by atoms with van der Waals surface area (Å²) in [4.78, 5) is 0. The first-order chi connectivity index (χ1) is 8.43. The largest absolute Gasteiger partial charge is 0.117 e. The van der Waals surface area contributed by atoms with Gasteiger partial charge in [0.05, 0.1) is 0 Å². The molecule has 2 aromatic rings. The highest BCUT2D eigenvalue weighted by atomic mass is 33.1. The monoisotopic (exact) mass is 276 g/mol. The molecule has 0 nitrogen and oxygen atoms in total. The molecule has 0 amide bonds. The van der Waals surface area contributed by atoms with E-state index in [-0.39, 0.29) is 6.33 Å². The Hall–Kier alpha value is -0.430. The molecule has 0 aliphatic carbocycles. The number of benzene rings is 2. The minimum absolute atomic E-state index is 0.0118. The Morgan fingerprint density at radius 1 is 0.706 bits per heavy atom. The third-order valence-corrected chi connectivity index (χ3v) is 10.6. The molecule has 2 aromatic carbocycles. The van der Waals surface area contributed by atoms with Gasteiger partial charge in [0.1, 0.15) is 0 Å². The maximum atomic E-state index is 2.30. The summed E-state index contributed by atoms with van der Waals surface area (Å²) in [5, 5.41) is 1.52. The average molecular weight is 276 g/mol. The van der Waals surface area contributed by atoms with E-state index in [9.17, 15) is 0 Å². The molecule has 0 aromatic heterocycles. The van der Waals surface area contributed by atoms with Gasteiger partial charge in [-0.25, -0.2) is 0 Å². The fraction of sp³-hybridized carbons (Fsp3) is 0.143. The van der Waals surface area contributed by atoms with Gasteiger partial charge in [-0.2, -0.15) is 0 Å². The molecule has 17 heavy (non-hydrogen) atoms. The maximum Gasteiger partial charge on any atom is 0.0438 e. The van der Waals surface area contributed by atoms with Gasteiger partial charge in [0, 0.05) is 17.8 Å². The van der Waals surface area contributed by atoms with Crippen LogP contribution in [-0.2, 0) is 0 Å².